The zero-order valence-electron chi connectivity index (χ0n) is 17.4. The molecule has 2 N–H and O–H groups in total. The Balaban J connectivity index is 2.21. The van der Waals surface area contributed by atoms with Crippen LogP contribution in [-0.4, -0.2) is 31.4 Å². The minimum Gasteiger partial charge on any atom is -0.425 e. The molecular formula is C21H33NO6S. The van der Waals surface area contributed by atoms with Crippen LogP contribution in [0.3, 0.4) is 0 Å². The molecule has 1 rings (SSSR count). The van der Waals surface area contributed by atoms with Gasteiger partial charge in [0.15, 0.2) is 5.75 Å². The molecule has 8 heteroatoms. The fraction of sp³-hybridized carbons (Fsp3) is 0.619. The molecule has 0 bridgehead atoms. The first-order valence-corrected chi connectivity index (χ1v) is 11.7. The van der Waals surface area contributed by atoms with Gasteiger partial charge in [0.25, 0.3) is 10.1 Å². The third-order valence-corrected chi connectivity index (χ3v) is 5.54. The summed E-state index contributed by atoms with van der Waals surface area (Å²) in [5.74, 6) is -0.654. The molecule has 0 radical (unpaired) electrons. The highest BCUT2D eigenvalue weighted by molar-refractivity contribution is 7.86. The van der Waals surface area contributed by atoms with E-state index in [1.807, 2.05) is 6.92 Å². The Hall–Kier alpha value is -1.93. The quantitative estimate of drug-likeness (QED) is 0.200. The summed E-state index contributed by atoms with van der Waals surface area (Å²) in [4.78, 5) is 23.5. The van der Waals surface area contributed by atoms with Gasteiger partial charge in [0.05, 0.1) is 0 Å². The fourth-order valence-electron chi connectivity index (χ4n) is 2.89. The van der Waals surface area contributed by atoms with Crippen LogP contribution >= 0.6 is 0 Å². The molecule has 7 nitrogen and oxygen atoms in total. The second-order valence-corrected chi connectivity index (χ2v) is 8.64. The molecule has 0 aliphatic heterocycles. The number of rotatable bonds is 14. The summed E-state index contributed by atoms with van der Waals surface area (Å²) in [6.07, 6.45) is 7.71. The molecule has 0 saturated heterocycles. The molecule has 1 atom stereocenters. The Kier molecular flexibility index (Phi) is 11.5. The zero-order chi connectivity index (χ0) is 21.7. The normalized spacial score (nSPS) is 12.4. The molecule has 0 fully saturated rings. The van der Waals surface area contributed by atoms with Crippen LogP contribution in [0.25, 0.3) is 0 Å². The van der Waals surface area contributed by atoms with Gasteiger partial charge in [-0.2, -0.15) is 8.42 Å². The third kappa shape index (κ3) is 10.4. The lowest BCUT2D eigenvalue weighted by molar-refractivity contribution is -0.134. The Bertz CT molecular complexity index is 747. The van der Waals surface area contributed by atoms with Crippen LogP contribution in [0.5, 0.6) is 5.75 Å². The maximum absolute atomic E-state index is 12.0. The van der Waals surface area contributed by atoms with Gasteiger partial charge in [-0.3, -0.25) is 14.1 Å². The first-order valence-electron chi connectivity index (χ1n) is 10.3. The maximum Gasteiger partial charge on any atom is 0.311 e. The van der Waals surface area contributed by atoms with E-state index in [0.29, 0.717) is 13.0 Å². The van der Waals surface area contributed by atoms with Crippen molar-refractivity contribution < 1.29 is 27.3 Å². The highest BCUT2D eigenvalue weighted by atomic mass is 32.2. The Labute approximate surface area is 174 Å². The lowest BCUT2D eigenvalue weighted by atomic mass is 10.0. The van der Waals surface area contributed by atoms with Crippen molar-refractivity contribution in [2.45, 2.75) is 76.5 Å². The zero-order valence-corrected chi connectivity index (χ0v) is 18.2. The molecule has 1 unspecified atom stereocenters. The average Bonchev–Trinajstić information content (AvgIpc) is 2.67. The molecular weight excluding hydrogens is 394 g/mol. The van der Waals surface area contributed by atoms with Crippen LogP contribution in [0.2, 0.25) is 0 Å². The van der Waals surface area contributed by atoms with Gasteiger partial charge in [-0.25, -0.2) is 0 Å². The van der Waals surface area contributed by atoms with Gasteiger partial charge in [-0.1, -0.05) is 58.1 Å². The van der Waals surface area contributed by atoms with Crippen molar-refractivity contribution in [3.05, 3.63) is 24.3 Å². The van der Waals surface area contributed by atoms with Crippen LogP contribution in [0, 0.1) is 5.92 Å². The van der Waals surface area contributed by atoms with Gasteiger partial charge in [-0.05, 0) is 31.4 Å². The van der Waals surface area contributed by atoms with Gasteiger partial charge < -0.3 is 10.1 Å². The Morgan fingerprint density at radius 1 is 1.07 bits per heavy atom. The molecule has 164 valence electrons. The predicted molar refractivity (Wildman–Crippen MR) is 111 cm³/mol. The van der Waals surface area contributed by atoms with Gasteiger partial charge in [0.2, 0.25) is 5.91 Å². The third-order valence-electron chi connectivity index (χ3n) is 4.65. The number of benzene rings is 1. The number of hydrogen-bond acceptors (Lipinski definition) is 5. The van der Waals surface area contributed by atoms with Crippen LogP contribution < -0.4 is 10.1 Å². The number of amides is 1. The number of ether oxygens (including phenoxy) is 1. The molecule has 0 spiro atoms. The van der Waals surface area contributed by atoms with Crippen molar-refractivity contribution in [2.75, 3.05) is 6.54 Å². The van der Waals surface area contributed by atoms with E-state index in [1.54, 1.807) is 0 Å². The molecule has 0 heterocycles. The van der Waals surface area contributed by atoms with Crippen molar-refractivity contribution >= 4 is 22.0 Å². The van der Waals surface area contributed by atoms with Crippen molar-refractivity contribution in [3.8, 4) is 5.75 Å². The molecule has 1 aromatic carbocycles. The first kappa shape index (κ1) is 25.1. The lowest BCUT2D eigenvalue weighted by Crippen LogP contribution is -2.30. The van der Waals surface area contributed by atoms with E-state index < -0.39 is 21.0 Å². The van der Waals surface area contributed by atoms with E-state index in [0.717, 1.165) is 25.7 Å². The van der Waals surface area contributed by atoms with Gasteiger partial charge in [0.1, 0.15) is 4.90 Å². The highest BCUT2D eigenvalue weighted by Gasteiger charge is 2.18. The molecule has 1 aromatic rings. The summed E-state index contributed by atoms with van der Waals surface area (Å²) in [6.45, 7) is 4.68. The maximum atomic E-state index is 12.0. The average molecular weight is 428 g/mol. The summed E-state index contributed by atoms with van der Waals surface area (Å²) in [5.41, 5.74) is 0. The number of unbranched alkanes of at least 4 members (excludes halogenated alkanes) is 5. The summed E-state index contributed by atoms with van der Waals surface area (Å²) in [7, 11) is -4.45. The number of hydrogen-bond donors (Lipinski definition) is 2. The molecule has 0 aliphatic carbocycles. The number of carbonyl (C=O) groups is 2. The monoisotopic (exact) mass is 427 g/mol. The predicted octanol–water partition coefficient (Wildman–Crippen LogP) is 4.12. The highest BCUT2D eigenvalue weighted by Crippen LogP contribution is 2.23. The van der Waals surface area contributed by atoms with Crippen LogP contribution in [0.1, 0.15) is 71.6 Å². The molecule has 29 heavy (non-hydrogen) atoms. The largest absolute Gasteiger partial charge is 0.425 e. The van der Waals surface area contributed by atoms with E-state index in [-0.39, 0.29) is 24.0 Å². The Morgan fingerprint density at radius 2 is 1.76 bits per heavy atom. The standard InChI is InChI=1S/C21H33NO6S/c1-3-4-5-7-12-17(2)21(24)22-16-11-6-8-15-20(23)28-18-13-9-10-14-19(18)29(25,26)27/h9-10,13-14,17H,3-8,11-12,15-16H2,1-2H3,(H,22,24)(H,25,26,27). The Morgan fingerprint density at radius 3 is 2.45 bits per heavy atom. The second-order valence-electron chi connectivity index (χ2n) is 7.25. The van der Waals surface area contributed by atoms with Crippen molar-refractivity contribution in [2.24, 2.45) is 5.92 Å². The molecule has 1 amide bonds. The first-order chi connectivity index (χ1) is 13.8. The molecule has 0 aliphatic rings. The number of para-hydroxylation sites is 1. The van der Waals surface area contributed by atoms with Crippen LogP contribution in [0.15, 0.2) is 29.2 Å². The lowest BCUT2D eigenvalue weighted by Gasteiger charge is -2.12. The topological polar surface area (TPSA) is 110 Å². The summed E-state index contributed by atoms with van der Waals surface area (Å²) < 4.78 is 36.8. The van der Waals surface area contributed by atoms with E-state index in [1.165, 1.54) is 43.5 Å². The van der Waals surface area contributed by atoms with E-state index in [2.05, 4.69) is 12.2 Å². The van der Waals surface area contributed by atoms with Gasteiger partial charge in [0, 0.05) is 18.9 Å². The molecule has 0 saturated carbocycles. The summed E-state index contributed by atoms with van der Waals surface area (Å²) >= 11 is 0. The van der Waals surface area contributed by atoms with Crippen molar-refractivity contribution in [1.82, 2.24) is 5.32 Å². The fourth-order valence-corrected chi connectivity index (χ4v) is 3.50. The van der Waals surface area contributed by atoms with Gasteiger partial charge in [-0.15, -0.1) is 0 Å². The smallest absolute Gasteiger partial charge is 0.311 e. The van der Waals surface area contributed by atoms with E-state index in [4.69, 9.17) is 9.29 Å². The second kappa shape index (κ2) is 13.3. The van der Waals surface area contributed by atoms with E-state index >= 15 is 0 Å². The van der Waals surface area contributed by atoms with E-state index in [9.17, 15) is 18.0 Å². The van der Waals surface area contributed by atoms with Crippen LogP contribution in [0.4, 0.5) is 0 Å². The number of carbonyl (C=O) groups excluding carboxylic acids is 2. The number of nitrogens with one attached hydrogen (secondary N) is 1. The minimum absolute atomic E-state index is 0.0182. The SMILES string of the molecule is CCCCCCC(C)C(=O)NCCCCCC(=O)Oc1ccccc1S(=O)(=O)O. The summed E-state index contributed by atoms with van der Waals surface area (Å²) in [6, 6.07) is 5.44. The van der Waals surface area contributed by atoms with Crippen molar-refractivity contribution in [1.29, 1.82) is 0 Å². The van der Waals surface area contributed by atoms with Gasteiger partial charge >= 0.3 is 5.97 Å². The minimum atomic E-state index is -4.45. The van der Waals surface area contributed by atoms with Crippen molar-refractivity contribution in [3.63, 3.8) is 0 Å². The molecule has 0 aromatic heterocycles. The summed E-state index contributed by atoms with van der Waals surface area (Å²) in [5, 5.41) is 2.93. The number of esters is 1. The van der Waals surface area contributed by atoms with Crippen LogP contribution in [-0.2, 0) is 19.7 Å².